The Morgan fingerprint density at radius 1 is 1.18 bits per heavy atom. The van der Waals surface area contributed by atoms with Gasteiger partial charge in [0.2, 0.25) is 0 Å². The van der Waals surface area contributed by atoms with Crippen LogP contribution >= 0.6 is 0 Å². The quantitative estimate of drug-likeness (QED) is 0.890. The van der Waals surface area contributed by atoms with Crippen LogP contribution < -0.4 is 9.64 Å². The van der Waals surface area contributed by atoms with Crippen LogP contribution in [0.15, 0.2) is 48.5 Å². The summed E-state index contributed by atoms with van der Waals surface area (Å²) in [4.78, 5) is 13.6. The number of carbonyl (C=O) groups is 1. The zero-order valence-electron chi connectivity index (χ0n) is 13.1. The van der Waals surface area contributed by atoms with Crippen LogP contribution in [0.4, 0.5) is 5.69 Å². The summed E-state index contributed by atoms with van der Waals surface area (Å²) >= 11 is 0. The third-order valence-electron chi connectivity index (χ3n) is 3.68. The second-order valence-corrected chi connectivity index (χ2v) is 5.43. The van der Waals surface area contributed by atoms with Gasteiger partial charge in [-0.05, 0) is 41.8 Å². The smallest absolute Gasteiger partial charge is 0.311 e. The summed E-state index contributed by atoms with van der Waals surface area (Å²) < 4.78 is 5.19. The number of benzene rings is 2. The van der Waals surface area contributed by atoms with Crippen LogP contribution in [0.2, 0.25) is 0 Å². The van der Waals surface area contributed by atoms with Crippen LogP contribution in [0.3, 0.4) is 0 Å². The highest BCUT2D eigenvalue weighted by atomic mass is 16.5. The normalized spacial score (nSPS) is 11.8. The first-order valence-electron chi connectivity index (χ1n) is 7.14. The largest absolute Gasteiger partial charge is 0.497 e. The number of ether oxygens (including phenoxy) is 1. The number of nitrogens with zero attached hydrogens (tertiary/aromatic N) is 1. The van der Waals surface area contributed by atoms with E-state index in [1.807, 2.05) is 67.5 Å². The molecular formula is C18H21NO3. The second-order valence-electron chi connectivity index (χ2n) is 5.43. The van der Waals surface area contributed by atoms with Crippen LogP contribution in [-0.4, -0.2) is 32.3 Å². The van der Waals surface area contributed by atoms with Gasteiger partial charge in [0.1, 0.15) is 5.75 Å². The van der Waals surface area contributed by atoms with E-state index in [1.54, 1.807) is 7.11 Å². The van der Waals surface area contributed by atoms with Crippen molar-refractivity contribution < 1.29 is 14.6 Å². The molecule has 0 heterocycles. The first-order valence-corrected chi connectivity index (χ1v) is 7.14. The predicted octanol–water partition coefficient (Wildman–Crippen LogP) is 3.17. The standard InChI is InChI=1S/C18H21NO3/c1-19(2)15-9-7-14(8-10-15)17(18(20)21)12-13-5-4-6-16(11-13)22-3/h4-11,17H,12H2,1-3H3,(H,20,21). The molecule has 0 aliphatic rings. The van der Waals surface area contributed by atoms with Gasteiger partial charge < -0.3 is 14.7 Å². The molecule has 0 saturated heterocycles. The highest BCUT2D eigenvalue weighted by Gasteiger charge is 2.20. The molecule has 0 fully saturated rings. The summed E-state index contributed by atoms with van der Waals surface area (Å²) in [6.07, 6.45) is 0.438. The molecule has 0 radical (unpaired) electrons. The molecule has 116 valence electrons. The number of methoxy groups -OCH3 is 1. The molecular weight excluding hydrogens is 278 g/mol. The van der Waals surface area contributed by atoms with E-state index >= 15 is 0 Å². The number of carboxylic acids is 1. The fraction of sp³-hybridized carbons (Fsp3) is 0.278. The van der Waals surface area contributed by atoms with Gasteiger partial charge in [-0.3, -0.25) is 4.79 Å². The zero-order valence-corrected chi connectivity index (χ0v) is 13.1. The Labute approximate surface area is 131 Å². The number of aliphatic carboxylic acids is 1. The van der Waals surface area contributed by atoms with Gasteiger partial charge in [-0.2, -0.15) is 0 Å². The lowest BCUT2D eigenvalue weighted by Gasteiger charge is -2.16. The number of hydrogen-bond donors (Lipinski definition) is 1. The van der Waals surface area contributed by atoms with Crippen LogP contribution in [0.1, 0.15) is 17.0 Å². The van der Waals surface area contributed by atoms with E-state index in [4.69, 9.17) is 4.74 Å². The third-order valence-corrected chi connectivity index (χ3v) is 3.68. The molecule has 1 unspecified atom stereocenters. The Hall–Kier alpha value is -2.49. The van der Waals surface area contributed by atoms with E-state index < -0.39 is 11.9 Å². The Morgan fingerprint density at radius 2 is 1.86 bits per heavy atom. The Bertz CT molecular complexity index is 635. The molecule has 0 aliphatic heterocycles. The fourth-order valence-corrected chi connectivity index (χ4v) is 2.39. The van der Waals surface area contributed by atoms with Gasteiger partial charge in [-0.1, -0.05) is 24.3 Å². The van der Waals surface area contributed by atoms with Crippen LogP contribution in [0.5, 0.6) is 5.75 Å². The molecule has 1 atom stereocenters. The molecule has 2 aromatic rings. The van der Waals surface area contributed by atoms with Crippen molar-refractivity contribution in [3.63, 3.8) is 0 Å². The summed E-state index contributed by atoms with van der Waals surface area (Å²) in [5.41, 5.74) is 2.80. The highest BCUT2D eigenvalue weighted by Crippen LogP contribution is 2.25. The van der Waals surface area contributed by atoms with E-state index in [9.17, 15) is 9.90 Å². The van der Waals surface area contributed by atoms with Gasteiger partial charge in [0.15, 0.2) is 0 Å². The van der Waals surface area contributed by atoms with Gasteiger partial charge in [0, 0.05) is 19.8 Å². The van der Waals surface area contributed by atoms with Crippen molar-refractivity contribution in [1.82, 2.24) is 0 Å². The maximum absolute atomic E-state index is 11.6. The van der Waals surface area contributed by atoms with Gasteiger partial charge in [0.25, 0.3) is 0 Å². The maximum atomic E-state index is 11.6. The molecule has 4 nitrogen and oxygen atoms in total. The number of rotatable bonds is 6. The van der Waals surface area contributed by atoms with Gasteiger partial charge in [0.05, 0.1) is 13.0 Å². The van der Waals surface area contributed by atoms with Crippen molar-refractivity contribution in [2.24, 2.45) is 0 Å². The van der Waals surface area contributed by atoms with Gasteiger partial charge in [-0.25, -0.2) is 0 Å². The molecule has 0 aromatic heterocycles. The van der Waals surface area contributed by atoms with Crippen LogP contribution in [0, 0.1) is 0 Å². The SMILES string of the molecule is COc1cccc(CC(C(=O)O)c2ccc(N(C)C)cc2)c1. The first-order chi connectivity index (χ1) is 10.5. The summed E-state index contributed by atoms with van der Waals surface area (Å²) in [7, 11) is 5.52. The zero-order chi connectivity index (χ0) is 16.1. The van der Waals surface area contributed by atoms with E-state index in [0.717, 1.165) is 22.6 Å². The van der Waals surface area contributed by atoms with E-state index in [0.29, 0.717) is 6.42 Å². The Morgan fingerprint density at radius 3 is 2.41 bits per heavy atom. The molecule has 4 heteroatoms. The lowest BCUT2D eigenvalue weighted by Crippen LogP contribution is -2.15. The highest BCUT2D eigenvalue weighted by molar-refractivity contribution is 5.76. The molecule has 2 aromatic carbocycles. The average molecular weight is 299 g/mol. The minimum atomic E-state index is -0.819. The van der Waals surface area contributed by atoms with Crippen molar-refractivity contribution in [2.75, 3.05) is 26.1 Å². The number of anilines is 1. The van der Waals surface area contributed by atoms with Crippen molar-refractivity contribution in [2.45, 2.75) is 12.3 Å². The van der Waals surface area contributed by atoms with Gasteiger partial charge >= 0.3 is 5.97 Å². The lowest BCUT2D eigenvalue weighted by molar-refractivity contribution is -0.138. The average Bonchev–Trinajstić information content (AvgIpc) is 2.52. The molecule has 22 heavy (non-hydrogen) atoms. The number of hydrogen-bond acceptors (Lipinski definition) is 3. The van der Waals surface area contributed by atoms with E-state index in [-0.39, 0.29) is 0 Å². The van der Waals surface area contributed by atoms with E-state index in [2.05, 4.69) is 0 Å². The predicted molar refractivity (Wildman–Crippen MR) is 87.8 cm³/mol. The molecule has 0 aliphatic carbocycles. The lowest BCUT2D eigenvalue weighted by atomic mass is 9.92. The van der Waals surface area contributed by atoms with Crippen LogP contribution in [-0.2, 0) is 11.2 Å². The summed E-state index contributed by atoms with van der Waals surface area (Å²) in [6, 6.07) is 15.2. The topological polar surface area (TPSA) is 49.8 Å². The Balaban J connectivity index is 2.24. The van der Waals surface area contributed by atoms with E-state index in [1.165, 1.54) is 0 Å². The van der Waals surface area contributed by atoms with Crippen LogP contribution in [0.25, 0.3) is 0 Å². The summed E-state index contributed by atoms with van der Waals surface area (Å²) in [6.45, 7) is 0. The van der Waals surface area contributed by atoms with Crippen molar-refractivity contribution in [3.05, 3.63) is 59.7 Å². The maximum Gasteiger partial charge on any atom is 0.311 e. The first kappa shape index (κ1) is 15.9. The van der Waals surface area contributed by atoms with Crippen molar-refractivity contribution >= 4 is 11.7 Å². The van der Waals surface area contributed by atoms with Gasteiger partial charge in [-0.15, -0.1) is 0 Å². The molecule has 0 amide bonds. The molecule has 1 N–H and O–H groups in total. The molecule has 2 rings (SSSR count). The minimum Gasteiger partial charge on any atom is -0.497 e. The Kier molecular flexibility index (Phi) is 5.04. The fourth-order valence-electron chi connectivity index (χ4n) is 2.39. The molecule has 0 bridgehead atoms. The third kappa shape index (κ3) is 3.79. The molecule has 0 saturated carbocycles. The summed E-state index contributed by atoms with van der Waals surface area (Å²) in [5.74, 6) is -0.645. The second kappa shape index (κ2) is 6.98. The monoisotopic (exact) mass is 299 g/mol. The van der Waals surface area contributed by atoms with Crippen molar-refractivity contribution in [1.29, 1.82) is 0 Å². The molecule has 0 spiro atoms. The summed E-state index contributed by atoms with van der Waals surface area (Å²) in [5, 5.41) is 9.55. The van der Waals surface area contributed by atoms with Crippen molar-refractivity contribution in [3.8, 4) is 5.75 Å². The number of carboxylic acid groups (broad SMARTS) is 1. The minimum absolute atomic E-state index is 0.438.